The summed E-state index contributed by atoms with van der Waals surface area (Å²) in [6.45, 7) is 4.35. The van der Waals surface area contributed by atoms with Crippen LogP contribution in [-0.4, -0.2) is 17.7 Å². The fourth-order valence-corrected chi connectivity index (χ4v) is 3.59. The lowest BCUT2D eigenvalue weighted by atomic mass is 10.0. The van der Waals surface area contributed by atoms with Crippen LogP contribution in [-0.2, 0) is 11.2 Å². The number of carbonyl (C=O) groups is 1. The van der Waals surface area contributed by atoms with Crippen LogP contribution >= 0.6 is 11.3 Å². The number of nitrogens with zero attached hydrogens (tertiary/aromatic N) is 1. The lowest BCUT2D eigenvalue weighted by molar-refractivity contribution is -0.115. The van der Waals surface area contributed by atoms with Gasteiger partial charge in [-0.05, 0) is 43.2 Å². The average Bonchev–Trinajstić information content (AvgIpc) is 3.25. The van der Waals surface area contributed by atoms with Crippen LogP contribution in [0.25, 0.3) is 11.3 Å². The molecule has 0 spiro atoms. The molecule has 1 aliphatic rings. The van der Waals surface area contributed by atoms with Gasteiger partial charge in [0.15, 0.2) is 16.6 Å². The molecule has 2 heterocycles. The molecule has 1 N–H and O–H groups in total. The van der Waals surface area contributed by atoms with E-state index < -0.39 is 0 Å². The Labute approximate surface area is 155 Å². The van der Waals surface area contributed by atoms with Crippen LogP contribution in [0.3, 0.4) is 0 Å². The number of aryl methyl sites for hydroxylation is 2. The summed E-state index contributed by atoms with van der Waals surface area (Å²) in [7, 11) is 0. The third-order valence-electron chi connectivity index (χ3n) is 4.22. The van der Waals surface area contributed by atoms with Gasteiger partial charge in [0.05, 0.1) is 12.1 Å². The Hall–Kier alpha value is -2.86. The number of carbonyl (C=O) groups excluding carboxylic acids is 1. The molecular formula is C20H18N2O3S. The predicted molar refractivity (Wildman–Crippen MR) is 102 cm³/mol. The van der Waals surface area contributed by atoms with E-state index in [2.05, 4.69) is 42.3 Å². The molecule has 3 aromatic rings. The fraction of sp³-hybridized carbons (Fsp3) is 0.200. The van der Waals surface area contributed by atoms with E-state index in [1.54, 1.807) is 0 Å². The number of rotatable bonds is 4. The van der Waals surface area contributed by atoms with E-state index in [9.17, 15) is 4.79 Å². The number of hydrogen-bond acceptors (Lipinski definition) is 5. The second-order valence-electron chi connectivity index (χ2n) is 6.27. The molecule has 0 fully saturated rings. The van der Waals surface area contributed by atoms with Gasteiger partial charge >= 0.3 is 0 Å². The van der Waals surface area contributed by atoms with Crippen LogP contribution < -0.4 is 14.8 Å². The minimum Gasteiger partial charge on any atom is -0.454 e. The Bertz CT molecular complexity index is 981. The van der Waals surface area contributed by atoms with Crippen molar-refractivity contribution in [2.75, 3.05) is 12.1 Å². The smallest absolute Gasteiger partial charge is 0.231 e. The third kappa shape index (κ3) is 3.41. The van der Waals surface area contributed by atoms with Crippen LogP contribution in [0, 0.1) is 13.8 Å². The van der Waals surface area contributed by atoms with Gasteiger partial charge < -0.3 is 14.8 Å². The highest BCUT2D eigenvalue weighted by Gasteiger charge is 2.15. The van der Waals surface area contributed by atoms with Gasteiger partial charge in [0.25, 0.3) is 0 Å². The predicted octanol–water partition coefficient (Wildman–Crippen LogP) is 4.34. The zero-order chi connectivity index (χ0) is 18.1. The lowest BCUT2D eigenvalue weighted by Gasteiger charge is -2.05. The molecule has 26 heavy (non-hydrogen) atoms. The molecule has 1 aliphatic heterocycles. The number of benzene rings is 2. The van der Waals surface area contributed by atoms with Crippen molar-refractivity contribution in [2.45, 2.75) is 20.3 Å². The summed E-state index contributed by atoms with van der Waals surface area (Å²) < 4.78 is 10.6. The monoisotopic (exact) mass is 366 g/mol. The van der Waals surface area contributed by atoms with Crippen molar-refractivity contribution < 1.29 is 14.3 Å². The Morgan fingerprint density at radius 1 is 1.15 bits per heavy atom. The maximum atomic E-state index is 12.3. The molecule has 4 rings (SSSR count). The quantitative estimate of drug-likeness (QED) is 0.746. The highest BCUT2D eigenvalue weighted by Crippen LogP contribution is 2.33. The van der Waals surface area contributed by atoms with Crippen LogP contribution in [0.15, 0.2) is 41.8 Å². The molecule has 1 amide bonds. The normalized spacial score (nSPS) is 12.2. The van der Waals surface area contributed by atoms with E-state index in [1.165, 1.54) is 22.5 Å². The molecule has 2 aromatic carbocycles. The third-order valence-corrected chi connectivity index (χ3v) is 4.98. The first kappa shape index (κ1) is 16.6. The Balaban J connectivity index is 1.45. The Kier molecular flexibility index (Phi) is 4.34. The number of hydrogen-bond donors (Lipinski definition) is 1. The number of nitrogens with one attached hydrogen (secondary N) is 1. The van der Waals surface area contributed by atoms with Crippen molar-refractivity contribution in [3.63, 3.8) is 0 Å². The molecule has 0 bridgehead atoms. The number of ether oxygens (including phenoxy) is 2. The van der Waals surface area contributed by atoms with Crippen molar-refractivity contribution in [1.82, 2.24) is 4.98 Å². The molecule has 0 unspecified atom stereocenters. The summed E-state index contributed by atoms with van der Waals surface area (Å²) in [6, 6.07) is 11.8. The first-order valence-electron chi connectivity index (χ1n) is 8.30. The number of amides is 1. The fourth-order valence-electron chi connectivity index (χ4n) is 2.87. The van der Waals surface area contributed by atoms with Crippen LogP contribution in [0.4, 0.5) is 5.13 Å². The van der Waals surface area contributed by atoms with Gasteiger partial charge in [0.1, 0.15) is 0 Å². The number of thiazole rings is 1. The number of fused-ring (bicyclic) bond motifs is 1. The Morgan fingerprint density at radius 2 is 2.00 bits per heavy atom. The summed E-state index contributed by atoms with van der Waals surface area (Å²) in [4.78, 5) is 16.9. The second-order valence-corrected chi connectivity index (χ2v) is 7.13. The SMILES string of the molecule is Cc1ccc(C)c(-c2csc(NC(=O)Cc3ccc4c(c3)OCO4)n2)c1. The molecule has 1 aromatic heterocycles. The molecule has 0 aliphatic carbocycles. The van der Waals surface area contributed by atoms with Gasteiger partial charge in [-0.1, -0.05) is 23.8 Å². The summed E-state index contributed by atoms with van der Waals surface area (Å²) in [5, 5.41) is 5.45. The summed E-state index contributed by atoms with van der Waals surface area (Å²) in [5.41, 5.74) is 5.20. The highest BCUT2D eigenvalue weighted by molar-refractivity contribution is 7.14. The minimum absolute atomic E-state index is 0.106. The molecule has 5 nitrogen and oxygen atoms in total. The van der Waals surface area contributed by atoms with E-state index in [4.69, 9.17) is 9.47 Å². The van der Waals surface area contributed by atoms with E-state index in [-0.39, 0.29) is 19.1 Å². The van der Waals surface area contributed by atoms with E-state index >= 15 is 0 Å². The molecule has 132 valence electrons. The van der Waals surface area contributed by atoms with Crippen molar-refractivity contribution in [3.8, 4) is 22.8 Å². The molecule has 0 radical (unpaired) electrons. The van der Waals surface area contributed by atoms with E-state index in [0.29, 0.717) is 16.6 Å². The molecular weight excluding hydrogens is 348 g/mol. The van der Waals surface area contributed by atoms with Gasteiger partial charge in [-0.25, -0.2) is 4.98 Å². The van der Waals surface area contributed by atoms with Crippen LogP contribution in [0.1, 0.15) is 16.7 Å². The second kappa shape index (κ2) is 6.80. The van der Waals surface area contributed by atoms with Gasteiger partial charge in [-0.2, -0.15) is 0 Å². The summed E-state index contributed by atoms with van der Waals surface area (Å²) >= 11 is 1.43. The number of anilines is 1. The molecule has 0 atom stereocenters. The van der Waals surface area contributed by atoms with Crippen molar-refractivity contribution in [2.24, 2.45) is 0 Å². The van der Waals surface area contributed by atoms with Crippen LogP contribution in [0.2, 0.25) is 0 Å². The number of aromatic nitrogens is 1. The van der Waals surface area contributed by atoms with Crippen molar-refractivity contribution in [3.05, 3.63) is 58.5 Å². The molecule has 0 saturated carbocycles. The van der Waals surface area contributed by atoms with Gasteiger partial charge in [-0.15, -0.1) is 11.3 Å². The van der Waals surface area contributed by atoms with Crippen molar-refractivity contribution in [1.29, 1.82) is 0 Å². The van der Waals surface area contributed by atoms with Gasteiger partial charge in [0.2, 0.25) is 12.7 Å². The lowest BCUT2D eigenvalue weighted by Crippen LogP contribution is -2.14. The highest BCUT2D eigenvalue weighted by atomic mass is 32.1. The minimum atomic E-state index is -0.106. The van der Waals surface area contributed by atoms with Crippen molar-refractivity contribution >= 4 is 22.4 Å². The van der Waals surface area contributed by atoms with Crippen LogP contribution in [0.5, 0.6) is 11.5 Å². The standard InChI is InChI=1S/C20H18N2O3S/c1-12-3-4-13(2)15(7-12)16-10-26-20(21-16)22-19(23)9-14-5-6-17-18(8-14)25-11-24-17/h3-8,10H,9,11H2,1-2H3,(H,21,22,23). The van der Waals surface area contributed by atoms with Gasteiger partial charge in [0, 0.05) is 10.9 Å². The maximum absolute atomic E-state index is 12.3. The Morgan fingerprint density at radius 3 is 2.88 bits per heavy atom. The van der Waals surface area contributed by atoms with Gasteiger partial charge in [-0.3, -0.25) is 4.79 Å². The first-order chi connectivity index (χ1) is 12.6. The molecule has 6 heteroatoms. The van der Waals surface area contributed by atoms with E-state index in [1.807, 2.05) is 23.6 Å². The summed E-state index contributed by atoms with van der Waals surface area (Å²) in [6.07, 6.45) is 0.259. The zero-order valence-corrected chi connectivity index (χ0v) is 15.4. The van der Waals surface area contributed by atoms with E-state index in [0.717, 1.165) is 16.8 Å². The largest absolute Gasteiger partial charge is 0.454 e. The topological polar surface area (TPSA) is 60.5 Å². The molecule has 0 saturated heterocycles. The summed E-state index contributed by atoms with van der Waals surface area (Å²) in [5.74, 6) is 1.29. The zero-order valence-electron chi connectivity index (χ0n) is 14.5. The average molecular weight is 366 g/mol. The first-order valence-corrected chi connectivity index (χ1v) is 9.18. The maximum Gasteiger partial charge on any atom is 0.231 e.